The molecule has 0 amide bonds. The molecule has 3 nitrogen and oxygen atoms in total. The first kappa shape index (κ1) is 14.6. The lowest BCUT2D eigenvalue weighted by Gasteiger charge is -2.12. The fourth-order valence-corrected chi connectivity index (χ4v) is 2.01. The number of alkyl halides is 3. The SMILES string of the molecule is N#Cc1ccc(C(F)(F)F)nc1Nc1ccccc1I. The summed E-state index contributed by atoms with van der Waals surface area (Å²) in [7, 11) is 0. The van der Waals surface area contributed by atoms with Gasteiger partial charge in [0.25, 0.3) is 0 Å². The number of hydrogen-bond acceptors (Lipinski definition) is 3. The first-order chi connectivity index (χ1) is 9.41. The number of rotatable bonds is 2. The molecule has 102 valence electrons. The van der Waals surface area contributed by atoms with Gasteiger partial charge in [0.05, 0.1) is 11.3 Å². The van der Waals surface area contributed by atoms with Gasteiger partial charge in [-0.3, -0.25) is 0 Å². The number of benzene rings is 1. The molecule has 1 N–H and O–H groups in total. The average molecular weight is 389 g/mol. The van der Waals surface area contributed by atoms with Crippen molar-refractivity contribution in [3.8, 4) is 6.07 Å². The van der Waals surface area contributed by atoms with Gasteiger partial charge in [0.1, 0.15) is 17.6 Å². The Morgan fingerprint density at radius 2 is 1.85 bits per heavy atom. The van der Waals surface area contributed by atoms with E-state index in [9.17, 15) is 13.2 Å². The van der Waals surface area contributed by atoms with Gasteiger partial charge in [-0.2, -0.15) is 18.4 Å². The standard InChI is InChI=1S/C13H7F3IN3/c14-13(15,16)11-6-5-8(7-18)12(20-11)19-10-4-2-1-3-9(10)17/h1-6H,(H,19,20). The van der Waals surface area contributed by atoms with Gasteiger partial charge < -0.3 is 5.32 Å². The lowest BCUT2D eigenvalue weighted by Crippen LogP contribution is -2.10. The Kier molecular flexibility index (Phi) is 4.13. The quantitative estimate of drug-likeness (QED) is 0.779. The van der Waals surface area contributed by atoms with E-state index in [4.69, 9.17) is 5.26 Å². The van der Waals surface area contributed by atoms with Crippen LogP contribution < -0.4 is 5.32 Å². The molecule has 0 saturated heterocycles. The van der Waals surface area contributed by atoms with Crippen molar-refractivity contribution >= 4 is 34.1 Å². The monoisotopic (exact) mass is 389 g/mol. The van der Waals surface area contributed by atoms with E-state index in [1.54, 1.807) is 24.3 Å². The number of pyridine rings is 1. The van der Waals surface area contributed by atoms with E-state index in [1.165, 1.54) is 0 Å². The molecular weight excluding hydrogens is 382 g/mol. The van der Waals surface area contributed by atoms with Crippen LogP contribution in [0.1, 0.15) is 11.3 Å². The van der Waals surface area contributed by atoms with Crippen LogP contribution in [0, 0.1) is 14.9 Å². The molecule has 0 aliphatic carbocycles. The molecular formula is C13H7F3IN3. The summed E-state index contributed by atoms with van der Waals surface area (Å²) in [4.78, 5) is 3.49. The highest BCUT2D eigenvalue weighted by molar-refractivity contribution is 14.1. The Morgan fingerprint density at radius 1 is 1.15 bits per heavy atom. The highest BCUT2D eigenvalue weighted by Crippen LogP contribution is 2.30. The van der Waals surface area contributed by atoms with Crippen molar-refractivity contribution in [2.75, 3.05) is 5.32 Å². The fraction of sp³-hybridized carbons (Fsp3) is 0.0769. The van der Waals surface area contributed by atoms with Crippen LogP contribution in [0.25, 0.3) is 0 Å². The van der Waals surface area contributed by atoms with Crippen molar-refractivity contribution < 1.29 is 13.2 Å². The second-order valence-electron chi connectivity index (χ2n) is 3.81. The van der Waals surface area contributed by atoms with Gasteiger partial charge >= 0.3 is 6.18 Å². The minimum Gasteiger partial charge on any atom is -0.338 e. The number of anilines is 2. The second kappa shape index (κ2) is 5.66. The zero-order valence-corrected chi connectivity index (χ0v) is 12.0. The predicted molar refractivity (Wildman–Crippen MR) is 76.4 cm³/mol. The van der Waals surface area contributed by atoms with Crippen molar-refractivity contribution in [1.82, 2.24) is 4.98 Å². The number of halogens is 4. The van der Waals surface area contributed by atoms with Gasteiger partial charge in [-0.05, 0) is 46.9 Å². The zero-order chi connectivity index (χ0) is 14.8. The summed E-state index contributed by atoms with van der Waals surface area (Å²) in [5.74, 6) is -0.105. The van der Waals surface area contributed by atoms with E-state index in [2.05, 4.69) is 10.3 Å². The summed E-state index contributed by atoms with van der Waals surface area (Å²) in [6.07, 6.45) is -4.55. The maximum absolute atomic E-state index is 12.6. The molecule has 1 aromatic heterocycles. The molecule has 2 rings (SSSR count). The topological polar surface area (TPSA) is 48.7 Å². The lowest BCUT2D eigenvalue weighted by atomic mass is 10.2. The van der Waals surface area contributed by atoms with E-state index >= 15 is 0 Å². The molecule has 0 atom stereocenters. The molecule has 0 aliphatic rings. The van der Waals surface area contributed by atoms with Crippen molar-refractivity contribution in [1.29, 1.82) is 5.26 Å². The van der Waals surface area contributed by atoms with Crippen molar-refractivity contribution in [3.63, 3.8) is 0 Å². The first-order valence-electron chi connectivity index (χ1n) is 5.41. The minimum atomic E-state index is -4.55. The number of nitrogens with zero attached hydrogens (tertiary/aromatic N) is 2. The van der Waals surface area contributed by atoms with Crippen LogP contribution >= 0.6 is 22.6 Å². The molecule has 0 fully saturated rings. The summed E-state index contributed by atoms with van der Waals surface area (Å²) in [5.41, 5.74) is -0.390. The number of hydrogen-bond donors (Lipinski definition) is 1. The molecule has 0 saturated carbocycles. The Bertz CT molecular complexity index is 677. The van der Waals surface area contributed by atoms with Crippen molar-refractivity contribution in [2.45, 2.75) is 6.18 Å². The highest BCUT2D eigenvalue weighted by Gasteiger charge is 2.33. The Hall–Kier alpha value is -1.82. The first-order valence-corrected chi connectivity index (χ1v) is 6.49. The largest absolute Gasteiger partial charge is 0.433 e. The second-order valence-corrected chi connectivity index (χ2v) is 4.97. The molecule has 0 spiro atoms. The van der Waals surface area contributed by atoms with Gasteiger partial charge in [0.15, 0.2) is 0 Å². The average Bonchev–Trinajstić information content (AvgIpc) is 2.40. The molecule has 0 radical (unpaired) electrons. The van der Waals surface area contributed by atoms with E-state index < -0.39 is 11.9 Å². The summed E-state index contributed by atoms with van der Waals surface area (Å²) < 4.78 is 38.8. The van der Waals surface area contributed by atoms with E-state index in [0.29, 0.717) is 5.69 Å². The zero-order valence-electron chi connectivity index (χ0n) is 9.87. The normalized spacial score (nSPS) is 10.9. The molecule has 1 heterocycles. The van der Waals surface area contributed by atoms with Gasteiger partial charge in [-0.25, -0.2) is 4.98 Å². The lowest BCUT2D eigenvalue weighted by molar-refractivity contribution is -0.141. The van der Waals surface area contributed by atoms with E-state index in [-0.39, 0.29) is 11.4 Å². The Balaban J connectivity index is 2.45. The van der Waals surface area contributed by atoms with Crippen LogP contribution in [0.15, 0.2) is 36.4 Å². The van der Waals surface area contributed by atoms with Crippen molar-refractivity contribution in [2.24, 2.45) is 0 Å². The summed E-state index contributed by atoms with van der Waals surface area (Å²) >= 11 is 2.04. The molecule has 1 aromatic carbocycles. The number of nitrogens with one attached hydrogen (secondary N) is 1. The third kappa shape index (κ3) is 3.19. The Morgan fingerprint density at radius 3 is 2.45 bits per heavy atom. The Labute approximate surface area is 126 Å². The maximum atomic E-state index is 12.6. The van der Waals surface area contributed by atoms with Gasteiger partial charge in [-0.15, -0.1) is 0 Å². The predicted octanol–water partition coefficient (Wildman–Crippen LogP) is 4.32. The number of para-hydroxylation sites is 1. The minimum absolute atomic E-state index is 0.0534. The van der Waals surface area contributed by atoms with Gasteiger partial charge in [-0.1, -0.05) is 12.1 Å². The van der Waals surface area contributed by atoms with Crippen LogP contribution in [-0.4, -0.2) is 4.98 Å². The smallest absolute Gasteiger partial charge is 0.338 e. The third-order valence-corrected chi connectivity index (χ3v) is 3.37. The van der Waals surface area contributed by atoms with Crippen LogP contribution in [0.3, 0.4) is 0 Å². The third-order valence-electron chi connectivity index (χ3n) is 2.43. The summed E-state index contributed by atoms with van der Waals surface area (Å²) in [6, 6.07) is 10.8. The van der Waals surface area contributed by atoms with E-state index in [0.717, 1.165) is 15.7 Å². The molecule has 20 heavy (non-hydrogen) atoms. The fourth-order valence-electron chi connectivity index (χ4n) is 1.49. The van der Waals surface area contributed by atoms with Crippen LogP contribution in [0.5, 0.6) is 0 Å². The number of nitriles is 1. The molecule has 7 heteroatoms. The molecule has 0 unspecified atom stereocenters. The number of aromatic nitrogens is 1. The highest BCUT2D eigenvalue weighted by atomic mass is 127. The van der Waals surface area contributed by atoms with Crippen LogP contribution in [-0.2, 0) is 6.18 Å². The molecule has 2 aromatic rings. The van der Waals surface area contributed by atoms with Crippen LogP contribution in [0.4, 0.5) is 24.7 Å². The molecule has 0 aliphatic heterocycles. The molecule has 0 bridgehead atoms. The maximum Gasteiger partial charge on any atom is 0.433 e. The van der Waals surface area contributed by atoms with Crippen molar-refractivity contribution in [3.05, 3.63) is 51.2 Å². The summed E-state index contributed by atoms with van der Waals surface area (Å²) in [5, 5.41) is 11.7. The van der Waals surface area contributed by atoms with E-state index in [1.807, 2.05) is 28.7 Å². The van der Waals surface area contributed by atoms with Crippen LogP contribution in [0.2, 0.25) is 0 Å². The summed E-state index contributed by atoms with van der Waals surface area (Å²) in [6.45, 7) is 0. The van der Waals surface area contributed by atoms with Gasteiger partial charge in [0, 0.05) is 3.57 Å². The van der Waals surface area contributed by atoms with Gasteiger partial charge in [0.2, 0.25) is 0 Å².